The highest BCUT2D eigenvalue weighted by atomic mass is 16.6. The van der Waals surface area contributed by atoms with Crippen molar-refractivity contribution < 1.29 is 14.5 Å². The van der Waals surface area contributed by atoms with Gasteiger partial charge < -0.3 is 9.64 Å². The van der Waals surface area contributed by atoms with E-state index in [4.69, 9.17) is 9.84 Å². The molecule has 0 spiro atoms. The number of rotatable bonds is 5. The van der Waals surface area contributed by atoms with Crippen LogP contribution < -0.4 is 4.90 Å². The predicted molar refractivity (Wildman–Crippen MR) is 151 cm³/mol. The number of ether oxygens (including phenoxy) is 1. The Morgan fingerprint density at radius 2 is 1.72 bits per heavy atom. The first kappa shape index (κ1) is 25.0. The Kier molecular flexibility index (Phi) is 6.94. The first-order valence-electron chi connectivity index (χ1n) is 13.4. The van der Waals surface area contributed by atoms with E-state index in [0.29, 0.717) is 32.0 Å². The van der Waals surface area contributed by atoms with Crippen LogP contribution in [0.5, 0.6) is 0 Å². The van der Waals surface area contributed by atoms with E-state index in [1.165, 1.54) is 6.07 Å². The molecule has 3 aromatic carbocycles. The summed E-state index contributed by atoms with van der Waals surface area (Å²) in [6.45, 7) is 2.18. The van der Waals surface area contributed by atoms with Gasteiger partial charge in [-0.25, -0.2) is 5.01 Å². The molecule has 3 aliphatic rings. The summed E-state index contributed by atoms with van der Waals surface area (Å²) in [5.74, 6) is -0.274. The fraction of sp³-hybridized carbons (Fsp3) is 0.290. The highest BCUT2D eigenvalue weighted by Crippen LogP contribution is 2.45. The molecule has 8 heteroatoms. The van der Waals surface area contributed by atoms with Gasteiger partial charge in [0.25, 0.3) is 11.6 Å². The summed E-state index contributed by atoms with van der Waals surface area (Å²) >= 11 is 0. The zero-order valence-corrected chi connectivity index (χ0v) is 21.6. The minimum atomic E-state index is -0.410. The molecule has 0 unspecified atom stereocenters. The number of carbonyl (C=O) groups is 1. The zero-order chi connectivity index (χ0) is 26.8. The number of hydrazone groups is 1. The number of benzene rings is 3. The van der Waals surface area contributed by atoms with Gasteiger partial charge in [0.05, 0.1) is 29.9 Å². The van der Waals surface area contributed by atoms with Crippen molar-refractivity contribution in [3.05, 3.63) is 111 Å². The molecule has 1 saturated carbocycles. The molecule has 2 fully saturated rings. The normalized spacial score (nSPS) is 21.9. The lowest BCUT2D eigenvalue weighted by Crippen LogP contribution is -2.36. The number of hydrogen-bond donors (Lipinski definition) is 0. The van der Waals surface area contributed by atoms with Crippen LogP contribution >= 0.6 is 0 Å². The van der Waals surface area contributed by atoms with Crippen molar-refractivity contribution in [2.24, 2.45) is 11.0 Å². The van der Waals surface area contributed by atoms with Crippen LogP contribution in [0.3, 0.4) is 0 Å². The number of nitro groups is 1. The average Bonchev–Trinajstić information content (AvgIpc) is 3.38. The molecule has 198 valence electrons. The van der Waals surface area contributed by atoms with Crippen molar-refractivity contribution in [2.75, 3.05) is 31.2 Å². The summed E-state index contributed by atoms with van der Waals surface area (Å²) in [4.78, 5) is 27.6. The first-order chi connectivity index (χ1) is 19.1. The van der Waals surface area contributed by atoms with Gasteiger partial charge in [0.2, 0.25) is 0 Å². The van der Waals surface area contributed by atoms with Gasteiger partial charge in [-0.15, -0.1) is 0 Å². The van der Waals surface area contributed by atoms with E-state index >= 15 is 0 Å². The third-order valence-corrected chi connectivity index (χ3v) is 7.76. The second-order valence-electron chi connectivity index (χ2n) is 10.1. The highest BCUT2D eigenvalue weighted by molar-refractivity contribution is 6.09. The molecule has 2 atom stereocenters. The molecule has 0 aromatic heterocycles. The number of fused-ring (bicyclic) bond motifs is 1. The van der Waals surface area contributed by atoms with Crippen LogP contribution in [0.1, 0.15) is 46.8 Å². The third-order valence-electron chi connectivity index (χ3n) is 7.76. The van der Waals surface area contributed by atoms with E-state index in [1.54, 1.807) is 17.1 Å². The molecular weight excluding hydrogens is 492 g/mol. The lowest BCUT2D eigenvalue weighted by Gasteiger charge is -2.30. The molecule has 39 heavy (non-hydrogen) atoms. The van der Waals surface area contributed by atoms with Crippen LogP contribution in [0.4, 0.5) is 11.4 Å². The monoisotopic (exact) mass is 522 g/mol. The van der Waals surface area contributed by atoms with Gasteiger partial charge in [0.1, 0.15) is 5.69 Å². The number of hydrogen-bond acceptors (Lipinski definition) is 6. The molecule has 6 rings (SSSR count). The van der Waals surface area contributed by atoms with Gasteiger partial charge in [0, 0.05) is 30.6 Å². The van der Waals surface area contributed by atoms with Crippen LogP contribution in [0.25, 0.3) is 6.08 Å². The standard InChI is InChI=1S/C31H30N4O4/c36-31(25-14-15-27(28(21-25)35(37)38)33-16-18-39-19-17-33)34-30(23-10-5-2-6-11-23)26-13-7-12-24(29(26)32-34)20-22-8-3-1-4-9-22/h1-6,8-11,14-15,20-21,26,30H,7,12-13,16-19H2/b24-20-/t26-,30-/m1/s1. The fourth-order valence-corrected chi connectivity index (χ4v) is 5.91. The summed E-state index contributed by atoms with van der Waals surface area (Å²) in [6, 6.07) is 24.6. The SMILES string of the molecule is O=C(c1ccc(N2CCOCC2)c([N+](=O)[O-])c1)N1N=C2/C(=C\c3ccccc3)CCC[C@H]2[C@H]1c1ccccc1. The zero-order valence-electron chi connectivity index (χ0n) is 21.6. The average molecular weight is 523 g/mol. The first-order valence-corrected chi connectivity index (χ1v) is 13.4. The maximum Gasteiger partial charge on any atom is 0.293 e. The number of amides is 1. The summed E-state index contributed by atoms with van der Waals surface area (Å²) in [7, 11) is 0. The number of nitro benzene ring substituents is 1. The number of allylic oxidation sites excluding steroid dienone is 1. The van der Waals surface area contributed by atoms with Crippen LogP contribution in [0, 0.1) is 16.0 Å². The quantitative estimate of drug-likeness (QED) is 0.309. The third kappa shape index (κ3) is 4.95. The second-order valence-corrected chi connectivity index (χ2v) is 10.1. The summed E-state index contributed by atoms with van der Waals surface area (Å²) in [6.07, 6.45) is 4.99. The van der Waals surface area contributed by atoms with Gasteiger partial charge in [-0.3, -0.25) is 14.9 Å². The Hall–Kier alpha value is -4.30. The smallest absolute Gasteiger partial charge is 0.293 e. The van der Waals surface area contributed by atoms with E-state index in [-0.39, 0.29) is 29.1 Å². The molecule has 2 heterocycles. The van der Waals surface area contributed by atoms with Crippen molar-refractivity contribution >= 4 is 29.1 Å². The summed E-state index contributed by atoms with van der Waals surface area (Å²) in [5, 5.41) is 18.6. The fourth-order valence-electron chi connectivity index (χ4n) is 5.91. The molecular formula is C31H30N4O4. The van der Waals surface area contributed by atoms with Crippen molar-refractivity contribution in [3.8, 4) is 0 Å². The number of anilines is 1. The molecule has 0 radical (unpaired) electrons. The van der Waals surface area contributed by atoms with Crippen LogP contribution in [-0.4, -0.2) is 47.9 Å². The highest BCUT2D eigenvalue weighted by Gasteiger charge is 2.44. The van der Waals surface area contributed by atoms with Gasteiger partial charge in [-0.1, -0.05) is 60.7 Å². The molecule has 8 nitrogen and oxygen atoms in total. The molecule has 1 saturated heterocycles. The molecule has 1 amide bonds. The van der Waals surface area contributed by atoms with Crippen molar-refractivity contribution in [1.29, 1.82) is 0 Å². The Balaban J connectivity index is 1.39. The van der Waals surface area contributed by atoms with E-state index < -0.39 is 4.92 Å². The van der Waals surface area contributed by atoms with Gasteiger partial charge in [-0.05, 0) is 54.2 Å². The van der Waals surface area contributed by atoms with Crippen LogP contribution in [-0.2, 0) is 4.74 Å². The second kappa shape index (κ2) is 10.8. The van der Waals surface area contributed by atoms with E-state index in [0.717, 1.165) is 41.7 Å². The lowest BCUT2D eigenvalue weighted by molar-refractivity contribution is -0.384. The maximum atomic E-state index is 14.0. The minimum absolute atomic E-state index is 0.0580. The van der Waals surface area contributed by atoms with Gasteiger partial charge in [-0.2, -0.15) is 5.10 Å². The van der Waals surface area contributed by atoms with Crippen LogP contribution in [0.2, 0.25) is 0 Å². The topological polar surface area (TPSA) is 88.3 Å². The van der Waals surface area contributed by atoms with Crippen molar-refractivity contribution in [3.63, 3.8) is 0 Å². The van der Waals surface area contributed by atoms with E-state index in [2.05, 4.69) is 18.2 Å². The predicted octanol–water partition coefficient (Wildman–Crippen LogP) is 5.87. The minimum Gasteiger partial charge on any atom is -0.378 e. The largest absolute Gasteiger partial charge is 0.378 e. The summed E-state index contributed by atoms with van der Waals surface area (Å²) < 4.78 is 5.41. The van der Waals surface area contributed by atoms with Crippen LogP contribution in [0.15, 0.2) is 89.5 Å². The molecule has 1 aliphatic carbocycles. The maximum absolute atomic E-state index is 14.0. The van der Waals surface area contributed by atoms with Crippen molar-refractivity contribution in [2.45, 2.75) is 25.3 Å². The number of carbonyl (C=O) groups excluding carboxylic acids is 1. The Morgan fingerprint density at radius 1 is 1.00 bits per heavy atom. The van der Waals surface area contributed by atoms with E-state index in [1.807, 2.05) is 53.4 Å². The Bertz CT molecular complexity index is 1430. The molecule has 0 N–H and O–H groups in total. The molecule has 0 bridgehead atoms. The number of morpholine rings is 1. The summed E-state index contributed by atoms with van der Waals surface area (Å²) in [5.41, 5.74) is 4.88. The van der Waals surface area contributed by atoms with Gasteiger partial charge in [0.15, 0.2) is 0 Å². The molecule has 2 aliphatic heterocycles. The lowest BCUT2D eigenvalue weighted by atomic mass is 9.77. The molecule has 3 aromatic rings. The van der Waals surface area contributed by atoms with Crippen molar-refractivity contribution in [1.82, 2.24) is 5.01 Å². The Labute approximate surface area is 227 Å². The Morgan fingerprint density at radius 3 is 2.44 bits per heavy atom. The van der Waals surface area contributed by atoms with Gasteiger partial charge >= 0.3 is 0 Å². The number of nitrogens with zero attached hydrogens (tertiary/aromatic N) is 4. The van der Waals surface area contributed by atoms with E-state index in [9.17, 15) is 14.9 Å².